The Morgan fingerprint density at radius 3 is 2.81 bits per heavy atom. The van der Waals surface area contributed by atoms with Gasteiger partial charge in [-0.2, -0.15) is 5.10 Å². The van der Waals surface area contributed by atoms with Gasteiger partial charge in [0.15, 0.2) is 5.82 Å². The van der Waals surface area contributed by atoms with Gasteiger partial charge in [-0.15, -0.1) is 0 Å². The maximum Gasteiger partial charge on any atom is 0.293 e. The standard InChI is InChI=1S/C21H21F2N7O2/c1-12-26-20(28-27-12)4-5-24-8-14-11-30(10-13-2-3-15(22)6-17(13)23)19-9-25-18(7-16(14)19)21(31)29-32/h2-3,6-7,9,11,24,32H,4-5,8,10H2,1H3,(H,29,31)(H,26,27,28). The first-order chi connectivity index (χ1) is 15.4. The summed E-state index contributed by atoms with van der Waals surface area (Å²) in [4.78, 5) is 20.2. The van der Waals surface area contributed by atoms with E-state index in [1.54, 1.807) is 16.1 Å². The maximum absolute atomic E-state index is 14.2. The number of aromatic nitrogens is 5. The molecule has 0 aliphatic heterocycles. The fraction of sp³-hybridized carbons (Fsp3) is 0.238. The first-order valence-corrected chi connectivity index (χ1v) is 9.89. The molecule has 0 bridgehead atoms. The fourth-order valence-electron chi connectivity index (χ4n) is 3.47. The number of nitrogens with zero attached hydrogens (tertiary/aromatic N) is 4. The van der Waals surface area contributed by atoms with Gasteiger partial charge >= 0.3 is 0 Å². The number of fused-ring (bicyclic) bond motifs is 1. The summed E-state index contributed by atoms with van der Waals surface area (Å²) in [6, 6.07) is 5.01. The second kappa shape index (κ2) is 9.20. The van der Waals surface area contributed by atoms with E-state index in [0.29, 0.717) is 36.4 Å². The average Bonchev–Trinajstić information content (AvgIpc) is 3.35. The molecule has 0 fully saturated rings. The van der Waals surface area contributed by atoms with Gasteiger partial charge in [0.25, 0.3) is 5.91 Å². The zero-order valence-electron chi connectivity index (χ0n) is 17.2. The van der Waals surface area contributed by atoms with Crippen molar-refractivity contribution in [2.45, 2.75) is 26.4 Å². The number of pyridine rings is 1. The van der Waals surface area contributed by atoms with Crippen molar-refractivity contribution in [3.8, 4) is 0 Å². The van der Waals surface area contributed by atoms with Crippen molar-refractivity contribution >= 4 is 16.8 Å². The molecule has 32 heavy (non-hydrogen) atoms. The molecule has 0 unspecified atom stereocenters. The molecule has 4 aromatic rings. The molecule has 4 rings (SSSR count). The monoisotopic (exact) mass is 441 g/mol. The number of rotatable bonds is 8. The number of carbonyl (C=O) groups is 1. The molecule has 1 amide bonds. The second-order valence-electron chi connectivity index (χ2n) is 7.31. The molecular weight excluding hydrogens is 420 g/mol. The van der Waals surface area contributed by atoms with E-state index in [1.807, 2.05) is 13.1 Å². The summed E-state index contributed by atoms with van der Waals surface area (Å²) in [5.41, 5.74) is 3.46. The second-order valence-corrected chi connectivity index (χ2v) is 7.31. The van der Waals surface area contributed by atoms with Gasteiger partial charge in [-0.3, -0.25) is 15.1 Å². The van der Waals surface area contributed by atoms with Crippen LogP contribution in [-0.4, -0.2) is 42.4 Å². The molecule has 3 heterocycles. The molecule has 0 aliphatic rings. The summed E-state index contributed by atoms with van der Waals surface area (Å²) in [6.45, 7) is 3.07. The summed E-state index contributed by atoms with van der Waals surface area (Å²) in [7, 11) is 0. The molecule has 0 radical (unpaired) electrons. The first kappa shape index (κ1) is 21.5. The van der Waals surface area contributed by atoms with Gasteiger partial charge in [-0.05, 0) is 24.6 Å². The Bertz CT molecular complexity index is 1270. The van der Waals surface area contributed by atoms with Crippen LogP contribution in [0.15, 0.2) is 36.7 Å². The van der Waals surface area contributed by atoms with Gasteiger partial charge in [0.2, 0.25) is 0 Å². The number of nitrogens with one attached hydrogen (secondary N) is 3. The Morgan fingerprint density at radius 2 is 2.09 bits per heavy atom. The lowest BCUT2D eigenvalue weighted by Gasteiger charge is -2.07. The number of aromatic amines is 1. The van der Waals surface area contributed by atoms with Gasteiger partial charge in [0.1, 0.15) is 23.2 Å². The van der Waals surface area contributed by atoms with Crippen molar-refractivity contribution in [3.63, 3.8) is 0 Å². The third kappa shape index (κ3) is 4.63. The lowest BCUT2D eigenvalue weighted by molar-refractivity contribution is 0.0701. The lowest BCUT2D eigenvalue weighted by atomic mass is 10.1. The molecule has 0 spiro atoms. The van der Waals surface area contributed by atoms with Crippen LogP contribution in [-0.2, 0) is 19.5 Å². The minimum atomic E-state index is -0.733. The highest BCUT2D eigenvalue weighted by atomic mass is 19.1. The van der Waals surface area contributed by atoms with Crippen LogP contribution in [0.1, 0.15) is 33.3 Å². The number of amides is 1. The molecule has 0 saturated heterocycles. The third-order valence-electron chi connectivity index (χ3n) is 5.02. The molecule has 4 N–H and O–H groups in total. The number of benzene rings is 1. The molecule has 0 saturated carbocycles. The average molecular weight is 441 g/mol. The van der Waals surface area contributed by atoms with Crippen LogP contribution >= 0.6 is 0 Å². The van der Waals surface area contributed by atoms with Crippen molar-refractivity contribution in [1.82, 2.24) is 35.5 Å². The minimum Gasteiger partial charge on any atom is -0.341 e. The predicted molar refractivity (Wildman–Crippen MR) is 111 cm³/mol. The van der Waals surface area contributed by atoms with E-state index < -0.39 is 17.5 Å². The van der Waals surface area contributed by atoms with Crippen LogP contribution in [0.3, 0.4) is 0 Å². The van der Waals surface area contributed by atoms with Gasteiger partial charge < -0.3 is 9.88 Å². The van der Waals surface area contributed by atoms with Crippen molar-refractivity contribution in [2.24, 2.45) is 0 Å². The summed E-state index contributed by atoms with van der Waals surface area (Å²) in [5.74, 6) is -0.564. The Labute approximate surface area is 181 Å². The lowest BCUT2D eigenvalue weighted by Crippen LogP contribution is -2.20. The van der Waals surface area contributed by atoms with Crippen molar-refractivity contribution in [1.29, 1.82) is 0 Å². The summed E-state index contributed by atoms with van der Waals surface area (Å²) >= 11 is 0. The highest BCUT2D eigenvalue weighted by Crippen LogP contribution is 2.24. The summed E-state index contributed by atoms with van der Waals surface area (Å²) in [6.07, 6.45) is 3.95. The SMILES string of the molecule is Cc1nc(CCNCc2cn(Cc3ccc(F)cc3F)c3cnc(C(=O)NO)cc23)n[nH]1. The molecule has 9 nitrogen and oxygen atoms in total. The highest BCUT2D eigenvalue weighted by Gasteiger charge is 2.15. The van der Waals surface area contributed by atoms with E-state index in [2.05, 4.69) is 25.5 Å². The van der Waals surface area contributed by atoms with Crippen molar-refractivity contribution in [3.05, 3.63) is 76.8 Å². The normalized spacial score (nSPS) is 11.2. The predicted octanol–water partition coefficient (Wildman–Crippen LogP) is 2.24. The number of hydroxylamine groups is 1. The van der Waals surface area contributed by atoms with E-state index in [1.165, 1.54) is 18.3 Å². The van der Waals surface area contributed by atoms with Gasteiger partial charge in [0.05, 0.1) is 18.3 Å². The zero-order valence-corrected chi connectivity index (χ0v) is 17.2. The van der Waals surface area contributed by atoms with Crippen LogP contribution < -0.4 is 10.8 Å². The fourth-order valence-corrected chi connectivity index (χ4v) is 3.47. The topological polar surface area (TPSA) is 121 Å². The number of carbonyl (C=O) groups excluding carboxylic acids is 1. The first-order valence-electron chi connectivity index (χ1n) is 9.89. The number of hydrogen-bond acceptors (Lipinski definition) is 6. The van der Waals surface area contributed by atoms with Crippen molar-refractivity contribution < 1.29 is 18.8 Å². The van der Waals surface area contributed by atoms with Gasteiger partial charge in [0, 0.05) is 42.7 Å². The zero-order chi connectivity index (χ0) is 22.7. The van der Waals surface area contributed by atoms with E-state index >= 15 is 0 Å². The van der Waals surface area contributed by atoms with Crippen LogP contribution in [0.5, 0.6) is 0 Å². The maximum atomic E-state index is 14.2. The molecule has 11 heteroatoms. The molecule has 3 aromatic heterocycles. The number of aryl methyl sites for hydroxylation is 1. The Balaban J connectivity index is 1.59. The number of H-pyrrole nitrogens is 1. The van der Waals surface area contributed by atoms with E-state index in [0.717, 1.165) is 22.8 Å². The van der Waals surface area contributed by atoms with Crippen LogP contribution in [0.4, 0.5) is 8.78 Å². The Kier molecular flexibility index (Phi) is 6.19. The summed E-state index contributed by atoms with van der Waals surface area (Å²) < 4.78 is 29.2. The smallest absolute Gasteiger partial charge is 0.293 e. The van der Waals surface area contributed by atoms with Crippen molar-refractivity contribution in [2.75, 3.05) is 6.54 Å². The Morgan fingerprint density at radius 1 is 1.25 bits per heavy atom. The Hall–Kier alpha value is -3.70. The van der Waals surface area contributed by atoms with Gasteiger partial charge in [-0.1, -0.05) is 6.07 Å². The van der Waals surface area contributed by atoms with Crippen LogP contribution in [0, 0.1) is 18.6 Å². The largest absolute Gasteiger partial charge is 0.341 e. The third-order valence-corrected chi connectivity index (χ3v) is 5.02. The molecule has 0 atom stereocenters. The van der Waals surface area contributed by atoms with Gasteiger partial charge in [-0.25, -0.2) is 24.2 Å². The van der Waals surface area contributed by atoms with Crippen LogP contribution in [0.2, 0.25) is 0 Å². The quantitative estimate of drug-likeness (QED) is 0.189. The summed E-state index contributed by atoms with van der Waals surface area (Å²) in [5, 5.41) is 19.8. The molecule has 1 aromatic carbocycles. The number of hydrogen-bond donors (Lipinski definition) is 4. The van der Waals surface area contributed by atoms with E-state index in [-0.39, 0.29) is 12.2 Å². The van der Waals surface area contributed by atoms with E-state index in [4.69, 9.17) is 5.21 Å². The minimum absolute atomic E-state index is 0.0446. The van der Waals surface area contributed by atoms with Crippen LogP contribution in [0.25, 0.3) is 10.9 Å². The van der Waals surface area contributed by atoms with E-state index in [9.17, 15) is 13.6 Å². The molecule has 166 valence electrons. The molecule has 0 aliphatic carbocycles. The number of halogens is 2. The highest BCUT2D eigenvalue weighted by molar-refractivity contribution is 5.96. The molecular formula is C21H21F2N7O2.